The van der Waals surface area contributed by atoms with Crippen LogP contribution in [0, 0.1) is 10.1 Å². The van der Waals surface area contributed by atoms with Crippen molar-refractivity contribution in [3.63, 3.8) is 0 Å². The largest absolute Gasteiger partial charge is 0.448 e. The van der Waals surface area contributed by atoms with Crippen molar-refractivity contribution >= 4 is 34.1 Å². The number of benzene rings is 3. The number of hydrogen-bond acceptors (Lipinski definition) is 7. The molecule has 0 atom stereocenters. The molecule has 0 saturated heterocycles. The maximum absolute atomic E-state index is 12.5. The highest BCUT2D eigenvalue weighted by molar-refractivity contribution is 5.80. The molecule has 1 N–H and O–H groups in total. The molecule has 9 nitrogen and oxygen atoms in total. The van der Waals surface area contributed by atoms with Crippen molar-refractivity contribution in [3.05, 3.63) is 94.6 Å². The monoisotopic (exact) mass is 514 g/mol. The zero-order chi connectivity index (χ0) is 27.4. The van der Waals surface area contributed by atoms with E-state index >= 15 is 0 Å². The summed E-state index contributed by atoms with van der Waals surface area (Å²) in [5, 5.41) is 13.8. The first-order chi connectivity index (χ1) is 18.0. The smallest absolute Gasteiger partial charge is 0.407 e. The number of alkyl carbamates (subject to hydrolysis) is 1. The zero-order valence-corrected chi connectivity index (χ0v) is 21.9. The Morgan fingerprint density at radius 3 is 2.58 bits per heavy atom. The zero-order valence-electron chi connectivity index (χ0n) is 21.9. The van der Waals surface area contributed by atoms with Gasteiger partial charge in [0.1, 0.15) is 12.1 Å². The van der Waals surface area contributed by atoms with Crippen molar-refractivity contribution in [1.29, 1.82) is 0 Å². The number of carbonyl (C=O) groups excluding carboxylic acids is 1. The fourth-order valence-corrected chi connectivity index (χ4v) is 3.94. The number of likely N-dealkylation sites (N-methyl/N-ethyl adjacent to an activating group) is 1. The van der Waals surface area contributed by atoms with Gasteiger partial charge < -0.3 is 19.4 Å². The Kier molecular flexibility index (Phi) is 7.47. The summed E-state index contributed by atoms with van der Waals surface area (Å²) in [4.78, 5) is 29.4. The van der Waals surface area contributed by atoms with Gasteiger partial charge in [-0.25, -0.2) is 9.78 Å². The molecule has 1 amide bonds. The van der Waals surface area contributed by atoms with Crippen LogP contribution in [0.25, 0.3) is 28.1 Å². The molecule has 0 bridgehead atoms. The normalized spacial score (nSPS) is 11.3. The number of nitrogens with one attached hydrogen (secondary N) is 1. The first-order valence-corrected chi connectivity index (χ1v) is 12.1. The molecule has 3 aromatic carbocycles. The number of nitro groups is 1. The molecular weight excluding hydrogens is 484 g/mol. The summed E-state index contributed by atoms with van der Waals surface area (Å²) in [5.74, 6) is 0.381. The van der Waals surface area contributed by atoms with E-state index in [4.69, 9.17) is 9.15 Å². The average Bonchev–Trinajstić information content (AvgIpc) is 3.32. The number of non-ortho nitro benzene ring substituents is 1. The van der Waals surface area contributed by atoms with Gasteiger partial charge in [-0.05, 0) is 62.2 Å². The van der Waals surface area contributed by atoms with Crippen LogP contribution in [-0.4, -0.2) is 36.2 Å². The lowest BCUT2D eigenvalue weighted by Crippen LogP contribution is -2.42. The van der Waals surface area contributed by atoms with Crippen LogP contribution >= 0.6 is 0 Å². The van der Waals surface area contributed by atoms with Crippen LogP contribution in [0.1, 0.15) is 31.9 Å². The number of aromatic nitrogens is 1. The molecule has 4 rings (SSSR count). The molecule has 0 aliphatic rings. The molecule has 1 heterocycles. The van der Waals surface area contributed by atoms with Crippen LogP contribution in [0.4, 0.5) is 16.2 Å². The Morgan fingerprint density at radius 1 is 1.16 bits per heavy atom. The predicted octanol–water partition coefficient (Wildman–Crippen LogP) is 6.53. The van der Waals surface area contributed by atoms with Gasteiger partial charge in [-0.2, -0.15) is 0 Å². The third kappa shape index (κ3) is 6.00. The van der Waals surface area contributed by atoms with E-state index in [1.165, 1.54) is 12.1 Å². The number of allylic oxidation sites excluding steroid dienone is 1. The van der Waals surface area contributed by atoms with Gasteiger partial charge in [0.05, 0.1) is 17.0 Å². The van der Waals surface area contributed by atoms with Crippen molar-refractivity contribution in [2.24, 2.45) is 0 Å². The second kappa shape index (κ2) is 10.8. The summed E-state index contributed by atoms with van der Waals surface area (Å²) >= 11 is 0. The van der Waals surface area contributed by atoms with E-state index in [1.807, 2.05) is 75.2 Å². The fraction of sp³-hybridized carbons (Fsp3) is 0.241. The minimum atomic E-state index is -0.618. The maximum atomic E-state index is 12.5. The summed E-state index contributed by atoms with van der Waals surface area (Å²) in [7, 11) is 1.89. The molecule has 0 saturated carbocycles. The number of nitrogens with zero attached hydrogens (tertiary/aromatic N) is 3. The molecule has 0 fully saturated rings. The molecule has 0 spiro atoms. The van der Waals surface area contributed by atoms with Crippen LogP contribution < -0.4 is 10.2 Å². The van der Waals surface area contributed by atoms with E-state index in [0.717, 1.165) is 22.4 Å². The predicted molar refractivity (Wildman–Crippen MR) is 148 cm³/mol. The Morgan fingerprint density at radius 2 is 1.89 bits per heavy atom. The molecule has 0 unspecified atom stereocenters. The number of ether oxygens (including phenoxy) is 1. The van der Waals surface area contributed by atoms with Crippen LogP contribution in [-0.2, 0) is 10.3 Å². The topological polar surface area (TPSA) is 111 Å². The molecule has 0 aliphatic heterocycles. The van der Waals surface area contributed by atoms with E-state index in [0.29, 0.717) is 29.1 Å². The maximum Gasteiger partial charge on any atom is 0.407 e. The van der Waals surface area contributed by atoms with E-state index in [1.54, 1.807) is 12.1 Å². The molecule has 9 heteroatoms. The van der Waals surface area contributed by atoms with Crippen molar-refractivity contribution in [1.82, 2.24) is 10.3 Å². The quantitative estimate of drug-likeness (QED) is 0.200. The first kappa shape index (κ1) is 26.4. The highest BCUT2D eigenvalue weighted by Crippen LogP contribution is 2.28. The van der Waals surface area contributed by atoms with Gasteiger partial charge in [0, 0.05) is 36.5 Å². The Labute approximate surface area is 220 Å². The standard InChI is InChI=1S/C29H30N4O5/c1-19(2)21-7-6-8-22(17-21)29(3,4)31-28(34)37-16-15-32(5)24-13-14-25-26(18-24)38-27(30-25)20-9-11-23(12-10-20)33(35)36/h6-14,17-18H,1,15-16H2,2-5H3,(H,31,34). The Balaban J connectivity index is 1.34. The van der Waals surface area contributed by atoms with E-state index in [9.17, 15) is 14.9 Å². The molecule has 38 heavy (non-hydrogen) atoms. The van der Waals surface area contributed by atoms with E-state index in [-0.39, 0.29) is 12.3 Å². The second-order valence-electron chi connectivity index (χ2n) is 9.64. The minimum Gasteiger partial charge on any atom is -0.448 e. The molecule has 4 aromatic rings. The number of amides is 1. The summed E-state index contributed by atoms with van der Waals surface area (Å²) < 4.78 is 11.4. The van der Waals surface area contributed by atoms with Crippen molar-refractivity contribution in [3.8, 4) is 11.5 Å². The lowest BCUT2D eigenvalue weighted by atomic mass is 9.92. The van der Waals surface area contributed by atoms with Gasteiger partial charge in [0.2, 0.25) is 5.89 Å². The van der Waals surface area contributed by atoms with Crippen molar-refractivity contribution < 1.29 is 18.9 Å². The summed E-state index contributed by atoms with van der Waals surface area (Å²) in [6.07, 6.45) is -0.498. The first-order valence-electron chi connectivity index (χ1n) is 12.1. The number of fused-ring (bicyclic) bond motifs is 1. The van der Waals surface area contributed by atoms with Gasteiger partial charge >= 0.3 is 6.09 Å². The van der Waals surface area contributed by atoms with Gasteiger partial charge in [-0.1, -0.05) is 30.4 Å². The number of rotatable bonds is 9. The van der Waals surface area contributed by atoms with Gasteiger partial charge in [-0.15, -0.1) is 0 Å². The third-order valence-corrected chi connectivity index (χ3v) is 6.29. The molecule has 0 aliphatic carbocycles. The SMILES string of the molecule is C=C(C)c1cccc(C(C)(C)NC(=O)OCCN(C)c2ccc3nc(-c4ccc([N+](=O)[O-])cc4)oc3c2)c1. The van der Waals surface area contributed by atoms with Crippen LogP contribution in [0.5, 0.6) is 0 Å². The lowest BCUT2D eigenvalue weighted by molar-refractivity contribution is -0.384. The van der Waals surface area contributed by atoms with Crippen LogP contribution in [0.15, 0.2) is 77.7 Å². The lowest BCUT2D eigenvalue weighted by Gasteiger charge is -2.27. The third-order valence-electron chi connectivity index (χ3n) is 6.29. The van der Waals surface area contributed by atoms with Crippen LogP contribution in [0.3, 0.4) is 0 Å². The van der Waals surface area contributed by atoms with Gasteiger partial charge in [0.15, 0.2) is 5.58 Å². The molecule has 0 radical (unpaired) electrons. The minimum absolute atomic E-state index is 0.00483. The number of carbonyl (C=O) groups is 1. The average molecular weight is 515 g/mol. The Hall–Kier alpha value is -4.66. The molecule has 196 valence electrons. The number of hydrogen-bond donors (Lipinski definition) is 1. The number of oxazole rings is 1. The fourth-order valence-electron chi connectivity index (χ4n) is 3.94. The van der Waals surface area contributed by atoms with E-state index < -0.39 is 16.6 Å². The van der Waals surface area contributed by atoms with E-state index in [2.05, 4.69) is 16.9 Å². The molecular formula is C29H30N4O5. The number of anilines is 1. The highest BCUT2D eigenvalue weighted by Gasteiger charge is 2.24. The summed E-state index contributed by atoms with van der Waals surface area (Å²) in [6, 6.07) is 19.6. The highest BCUT2D eigenvalue weighted by atomic mass is 16.6. The van der Waals surface area contributed by atoms with Gasteiger partial charge in [0.25, 0.3) is 5.69 Å². The van der Waals surface area contributed by atoms with Crippen molar-refractivity contribution in [2.45, 2.75) is 26.3 Å². The summed E-state index contributed by atoms with van der Waals surface area (Å²) in [5.41, 5.74) is 5.10. The Bertz CT molecular complexity index is 1490. The van der Waals surface area contributed by atoms with Crippen LogP contribution in [0.2, 0.25) is 0 Å². The second-order valence-corrected chi connectivity index (χ2v) is 9.64. The summed E-state index contributed by atoms with van der Waals surface area (Å²) in [6.45, 7) is 10.4. The van der Waals surface area contributed by atoms with Gasteiger partial charge in [-0.3, -0.25) is 10.1 Å². The number of nitro benzene ring substituents is 1. The van der Waals surface area contributed by atoms with Crippen molar-refractivity contribution in [2.75, 3.05) is 25.1 Å². The molecule has 1 aromatic heterocycles.